The van der Waals surface area contributed by atoms with E-state index in [2.05, 4.69) is 38.4 Å². The van der Waals surface area contributed by atoms with Gasteiger partial charge in [-0.15, -0.1) is 0 Å². The predicted octanol–water partition coefficient (Wildman–Crippen LogP) is 6.75. The number of ether oxygens (including phenoxy) is 2. The van der Waals surface area contributed by atoms with Crippen LogP contribution in [0, 0.1) is 10.5 Å². The Kier molecular flexibility index (Phi) is 11.0. The molecule has 0 aliphatic rings. The van der Waals surface area contributed by atoms with Gasteiger partial charge in [0, 0.05) is 34.1 Å². The van der Waals surface area contributed by atoms with Crippen LogP contribution >= 0.6 is 45.8 Å². The molecule has 0 saturated heterocycles. The standard InChI is InChI=1S/C27H26Cl2IN3O4/c1-3-36-24-13-18(12-22(30)27(24)37-16-19-8-9-20(28)14-21(19)29)15-31-33-26(35)11-10-25(34)32-23-7-5-4-6-17(23)2/h4-9,12-15H,3,10-11,16H2,1-2H3,(H,32,34)(H,33,35). The van der Waals surface area contributed by atoms with Crippen LogP contribution in [0.3, 0.4) is 0 Å². The van der Waals surface area contributed by atoms with Crippen molar-refractivity contribution < 1.29 is 19.1 Å². The number of nitrogens with zero attached hydrogens (tertiary/aromatic N) is 1. The number of amides is 2. The van der Waals surface area contributed by atoms with Crippen molar-refractivity contribution in [3.8, 4) is 11.5 Å². The first kappa shape index (κ1) is 28.7. The van der Waals surface area contributed by atoms with Gasteiger partial charge in [-0.05, 0) is 77.9 Å². The number of rotatable bonds is 11. The van der Waals surface area contributed by atoms with Crippen molar-refractivity contribution in [1.82, 2.24) is 5.43 Å². The zero-order valence-corrected chi connectivity index (χ0v) is 24.0. The normalized spacial score (nSPS) is 10.8. The van der Waals surface area contributed by atoms with E-state index in [0.717, 1.165) is 20.4 Å². The predicted molar refractivity (Wildman–Crippen MR) is 156 cm³/mol. The van der Waals surface area contributed by atoms with Crippen molar-refractivity contribution >= 4 is 69.5 Å². The van der Waals surface area contributed by atoms with Crippen molar-refractivity contribution in [3.05, 3.63) is 84.9 Å². The first-order valence-corrected chi connectivity index (χ1v) is 13.3. The summed E-state index contributed by atoms with van der Waals surface area (Å²) in [5.74, 6) is 0.519. The maximum Gasteiger partial charge on any atom is 0.240 e. The third kappa shape index (κ3) is 8.91. The van der Waals surface area contributed by atoms with E-state index in [4.69, 9.17) is 32.7 Å². The molecule has 10 heteroatoms. The second-order valence-electron chi connectivity index (χ2n) is 7.94. The Bertz CT molecular complexity index is 1300. The molecule has 0 bridgehead atoms. The molecule has 2 amide bonds. The number of hydrogen-bond donors (Lipinski definition) is 2. The number of carbonyl (C=O) groups excluding carboxylic acids is 2. The molecule has 0 unspecified atom stereocenters. The summed E-state index contributed by atoms with van der Waals surface area (Å²) in [6.07, 6.45) is 1.57. The number of anilines is 1. The maximum atomic E-state index is 12.1. The molecule has 3 rings (SSSR count). The van der Waals surface area contributed by atoms with E-state index >= 15 is 0 Å². The lowest BCUT2D eigenvalue weighted by Gasteiger charge is -2.15. The zero-order chi connectivity index (χ0) is 26.8. The van der Waals surface area contributed by atoms with E-state index in [9.17, 15) is 9.59 Å². The van der Waals surface area contributed by atoms with Gasteiger partial charge >= 0.3 is 0 Å². The molecule has 0 heterocycles. The molecule has 3 aromatic rings. The number of halogens is 3. The monoisotopic (exact) mass is 653 g/mol. The highest BCUT2D eigenvalue weighted by Crippen LogP contribution is 2.35. The van der Waals surface area contributed by atoms with Crippen molar-refractivity contribution in [2.75, 3.05) is 11.9 Å². The van der Waals surface area contributed by atoms with E-state index in [0.29, 0.717) is 33.7 Å². The highest BCUT2D eigenvalue weighted by atomic mass is 127. The fraction of sp³-hybridized carbons (Fsp3) is 0.222. The molecule has 3 aromatic carbocycles. The Morgan fingerprint density at radius 1 is 1.03 bits per heavy atom. The van der Waals surface area contributed by atoms with Gasteiger partial charge in [-0.2, -0.15) is 5.10 Å². The lowest BCUT2D eigenvalue weighted by molar-refractivity contribution is -0.124. The van der Waals surface area contributed by atoms with Crippen LogP contribution in [0.25, 0.3) is 0 Å². The number of hydrogen-bond acceptors (Lipinski definition) is 5. The van der Waals surface area contributed by atoms with Gasteiger partial charge in [0.05, 0.1) is 16.4 Å². The van der Waals surface area contributed by atoms with Gasteiger partial charge in [0.15, 0.2) is 11.5 Å². The first-order valence-electron chi connectivity index (χ1n) is 11.5. The Balaban J connectivity index is 1.57. The van der Waals surface area contributed by atoms with Gasteiger partial charge in [0.25, 0.3) is 0 Å². The van der Waals surface area contributed by atoms with E-state index in [1.54, 1.807) is 18.2 Å². The number of hydrazone groups is 1. The topological polar surface area (TPSA) is 89.0 Å². The summed E-state index contributed by atoms with van der Waals surface area (Å²) >= 11 is 14.4. The molecular formula is C27H26Cl2IN3O4. The summed E-state index contributed by atoms with van der Waals surface area (Å²) in [7, 11) is 0. The molecule has 0 fully saturated rings. The van der Waals surface area contributed by atoms with Gasteiger partial charge in [0.1, 0.15) is 6.61 Å². The van der Waals surface area contributed by atoms with E-state index < -0.39 is 0 Å². The summed E-state index contributed by atoms with van der Waals surface area (Å²) in [6.45, 7) is 4.47. The number of nitrogens with one attached hydrogen (secondary N) is 2. The van der Waals surface area contributed by atoms with Gasteiger partial charge < -0.3 is 14.8 Å². The van der Waals surface area contributed by atoms with Crippen LogP contribution in [-0.2, 0) is 16.2 Å². The summed E-state index contributed by atoms with van der Waals surface area (Å²) in [5, 5.41) is 7.90. The Morgan fingerprint density at radius 3 is 2.51 bits per heavy atom. The first-order chi connectivity index (χ1) is 17.8. The average Bonchev–Trinajstić information content (AvgIpc) is 2.85. The van der Waals surface area contributed by atoms with Crippen LogP contribution in [0.1, 0.15) is 36.5 Å². The summed E-state index contributed by atoms with van der Waals surface area (Å²) < 4.78 is 12.6. The Hall–Kier alpha value is -2.82. The maximum absolute atomic E-state index is 12.1. The molecule has 0 spiro atoms. The molecule has 7 nitrogen and oxygen atoms in total. The second-order valence-corrected chi connectivity index (χ2v) is 9.95. The Labute approximate surface area is 239 Å². The Morgan fingerprint density at radius 2 is 1.78 bits per heavy atom. The molecule has 37 heavy (non-hydrogen) atoms. The molecule has 0 atom stereocenters. The third-order valence-electron chi connectivity index (χ3n) is 5.12. The second kappa shape index (κ2) is 14.2. The van der Waals surface area contributed by atoms with Crippen LogP contribution < -0.4 is 20.2 Å². The quantitative estimate of drug-likeness (QED) is 0.136. The molecule has 0 aliphatic heterocycles. The van der Waals surface area contributed by atoms with Crippen LogP contribution in [0.2, 0.25) is 10.0 Å². The van der Waals surface area contributed by atoms with Gasteiger partial charge in [-0.3, -0.25) is 9.59 Å². The van der Waals surface area contributed by atoms with Gasteiger partial charge in [-0.25, -0.2) is 5.43 Å². The lowest BCUT2D eigenvalue weighted by Crippen LogP contribution is -2.20. The van der Waals surface area contributed by atoms with E-state index in [1.807, 2.05) is 50.2 Å². The zero-order valence-electron chi connectivity index (χ0n) is 20.3. The molecule has 0 aromatic heterocycles. The van der Waals surface area contributed by atoms with Gasteiger partial charge in [0.2, 0.25) is 11.8 Å². The largest absolute Gasteiger partial charge is 0.490 e. The molecule has 194 valence electrons. The van der Waals surface area contributed by atoms with Crippen molar-refractivity contribution in [1.29, 1.82) is 0 Å². The van der Waals surface area contributed by atoms with E-state index in [-0.39, 0.29) is 31.3 Å². The molecule has 0 saturated carbocycles. The van der Waals surface area contributed by atoms with Crippen LogP contribution in [-0.4, -0.2) is 24.6 Å². The van der Waals surface area contributed by atoms with Crippen LogP contribution in [0.15, 0.2) is 59.7 Å². The number of carbonyl (C=O) groups is 2. The molecule has 2 N–H and O–H groups in total. The lowest BCUT2D eigenvalue weighted by atomic mass is 10.2. The minimum absolute atomic E-state index is 0.0107. The average molecular weight is 654 g/mol. The summed E-state index contributed by atoms with van der Waals surface area (Å²) in [6, 6.07) is 16.3. The van der Waals surface area contributed by atoms with E-state index in [1.165, 1.54) is 6.21 Å². The molecule has 0 radical (unpaired) electrons. The number of para-hydroxylation sites is 1. The smallest absolute Gasteiger partial charge is 0.240 e. The SMILES string of the molecule is CCOc1cc(C=NNC(=O)CCC(=O)Nc2ccccc2C)cc(I)c1OCc1ccc(Cl)cc1Cl. The summed E-state index contributed by atoms with van der Waals surface area (Å²) in [5.41, 5.74) is 5.65. The van der Waals surface area contributed by atoms with Crippen molar-refractivity contribution in [3.63, 3.8) is 0 Å². The van der Waals surface area contributed by atoms with Crippen LogP contribution in [0.5, 0.6) is 11.5 Å². The van der Waals surface area contributed by atoms with Crippen LogP contribution in [0.4, 0.5) is 5.69 Å². The highest BCUT2D eigenvalue weighted by molar-refractivity contribution is 14.1. The van der Waals surface area contributed by atoms with Gasteiger partial charge in [-0.1, -0.05) is 47.5 Å². The number of aryl methyl sites for hydroxylation is 1. The number of benzene rings is 3. The fourth-order valence-corrected chi connectivity index (χ4v) is 4.49. The van der Waals surface area contributed by atoms with Crippen molar-refractivity contribution in [2.24, 2.45) is 5.10 Å². The third-order valence-corrected chi connectivity index (χ3v) is 6.51. The molecule has 0 aliphatic carbocycles. The summed E-state index contributed by atoms with van der Waals surface area (Å²) in [4.78, 5) is 24.3. The van der Waals surface area contributed by atoms with Crippen molar-refractivity contribution in [2.45, 2.75) is 33.3 Å². The minimum Gasteiger partial charge on any atom is -0.490 e. The molecular weight excluding hydrogens is 628 g/mol. The minimum atomic E-state index is -0.365. The fourth-order valence-electron chi connectivity index (χ4n) is 3.24. The highest BCUT2D eigenvalue weighted by Gasteiger charge is 2.14.